The van der Waals surface area contributed by atoms with Crippen molar-refractivity contribution in [1.29, 1.82) is 0 Å². The van der Waals surface area contributed by atoms with Gasteiger partial charge >= 0.3 is 0 Å². The molecule has 0 unspecified atom stereocenters. The fourth-order valence-electron chi connectivity index (χ4n) is 4.33. The molecule has 0 radical (unpaired) electrons. The van der Waals surface area contributed by atoms with Crippen LogP contribution in [0, 0.1) is 5.92 Å². The van der Waals surface area contributed by atoms with E-state index in [0.717, 1.165) is 36.2 Å². The van der Waals surface area contributed by atoms with Gasteiger partial charge in [0.1, 0.15) is 5.69 Å². The van der Waals surface area contributed by atoms with Gasteiger partial charge in [-0.2, -0.15) is 0 Å². The van der Waals surface area contributed by atoms with Gasteiger partial charge in [0.25, 0.3) is 5.91 Å². The van der Waals surface area contributed by atoms with E-state index in [4.69, 9.17) is 4.74 Å². The van der Waals surface area contributed by atoms with Crippen LogP contribution in [0.1, 0.15) is 43.1 Å². The molecule has 5 rings (SSSR count). The summed E-state index contributed by atoms with van der Waals surface area (Å²) in [5, 5.41) is 0. The molecular weight excluding hydrogens is 412 g/mol. The molecule has 2 aliphatic carbocycles. The SMILES string of the molecule is COc1ccc(-c2cccnc2C(=O)N(CCC2=CN=C3CC(C)=CC=C23)CC2CC2)cn1. The number of ether oxygens (including phenoxy) is 1. The van der Waals surface area contributed by atoms with Crippen LogP contribution in [0.5, 0.6) is 5.88 Å². The smallest absolute Gasteiger partial charge is 0.273 e. The van der Waals surface area contributed by atoms with Gasteiger partial charge in [0.15, 0.2) is 0 Å². The van der Waals surface area contributed by atoms with Gasteiger partial charge in [0.2, 0.25) is 5.88 Å². The number of methoxy groups -OCH3 is 1. The van der Waals surface area contributed by atoms with Gasteiger partial charge in [-0.05, 0) is 49.8 Å². The number of nitrogens with zero attached hydrogens (tertiary/aromatic N) is 4. The van der Waals surface area contributed by atoms with E-state index in [1.54, 1.807) is 25.6 Å². The predicted octanol–water partition coefficient (Wildman–Crippen LogP) is 5.01. The topological polar surface area (TPSA) is 67.7 Å². The van der Waals surface area contributed by atoms with Crippen LogP contribution in [-0.2, 0) is 0 Å². The van der Waals surface area contributed by atoms with Crippen molar-refractivity contribution in [3.8, 4) is 17.0 Å². The highest BCUT2D eigenvalue weighted by atomic mass is 16.5. The summed E-state index contributed by atoms with van der Waals surface area (Å²) >= 11 is 0. The lowest BCUT2D eigenvalue weighted by Gasteiger charge is -2.24. The molecule has 1 amide bonds. The third-order valence-electron chi connectivity index (χ3n) is 6.39. The Kier molecular flexibility index (Phi) is 5.90. The van der Waals surface area contributed by atoms with E-state index >= 15 is 0 Å². The third-order valence-corrected chi connectivity index (χ3v) is 6.39. The zero-order valence-corrected chi connectivity index (χ0v) is 19.1. The molecule has 2 aromatic rings. The van der Waals surface area contributed by atoms with Crippen molar-refractivity contribution < 1.29 is 9.53 Å². The molecule has 0 N–H and O–H groups in total. The number of carbonyl (C=O) groups is 1. The first-order valence-corrected chi connectivity index (χ1v) is 11.5. The molecule has 0 saturated heterocycles. The van der Waals surface area contributed by atoms with Crippen LogP contribution >= 0.6 is 0 Å². The van der Waals surface area contributed by atoms with Crippen molar-refractivity contribution in [1.82, 2.24) is 14.9 Å². The van der Waals surface area contributed by atoms with Crippen LogP contribution in [0.2, 0.25) is 0 Å². The van der Waals surface area contributed by atoms with Gasteiger partial charge < -0.3 is 9.64 Å². The van der Waals surface area contributed by atoms with Crippen molar-refractivity contribution >= 4 is 11.6 Å². The Labute approximate surface area is 194 Å². The summed E-state index contributed by atoms with van der Waals surface area (Å²) in [5.41, 5.74) is 7.02. The number of fused-ring (bicyclic) bond motifs is 1. The molecule has 6 heteroatoms. The van der Waals surface area contributed by atoms with Crippen molar-refractivity contribution in [3.05, 3.63) is 77.4 Å². The van der Waals surface area contributed by atoms with E-state index < -0.39 is 0 Å². The third kappa shape index (κ3) is 4.65. The maximum Gasteiger partial charge on any atom is 0.273 e. The van der Waals surface area contributed by atoms with E-state index in [2.05, 4.69) is 34.0 Å². The van der Waals surface area contributed by atoms with E-state index in [1.807, 2.05) is 29.3 Å². The first-order valence-electron chi connectivity index (χ1n) is 11.5. The van der Waals surface area contributed by atoms with Crippen LogP contribution in [0.3, 0.4) is 0 Å². The van der Waals surface area contributed by atoms with Gasteiger partial charge in [0, 0.05) is 60.9 Å². The molecular formula is C27H28N4O2. The summed E-state index contributed by atoms with van der Waals surface area (Å²) in [4.78, 5) is 29.1. The number of pyridine rings is 2. The maximum atomic E-state index is 13.7. The number of aliphatic imine (C=N–C) groups is 1. The maximum absolute atomic E-state index is 13.7. The van der Waals surface area contributed by atoms with E-state index in [1.165, 1.54) is 29.6 Å². The van der Waals surface area contributed by atoms with Crippen LogP contribution in [-0.4, -0.2) is 46.7 Å². The Morgan fingerprint density at radius 2 is 2.06 bits per heavy atom. The van der Waals surface area contributed by atoms with Crippen LogP contribution < -0.4 is 4.74 Å². The Hall–Kier alpha value is -3.54. The zero-order chi connectivity index (χ0) is 22.8. The molecule has 1 aliphatic heterocycles. The molecule has 1 fully saturated rings. The number of amides is 1. The summed E-state index contributed by atoms with van der Waals surface area (Å²) in [7, 11) is 1.59. The van der Waals surface area contributed by atoms with Gasteiger partial charge in [-0.1, -0.05) is 23.8 Å². The second-order valence-electron chi connectivity index (χ2n) is 8.93. The Morgan fingerprint density at radius 3 is 2.82 bits per heavy atom. The molecule has 3 heterocycles. The van der Waals surface area contributed by atoms with Crippen molar-refractivity contribution in [3.63, 3.8) is 0 Å². The Morgan fingerprint density at radius 1 is 1.18 bits per heavy atom. The standard InChI is InChI=1S/C27H28N4O2/c1-18-5-9-22-21(15-29-24(22)14-18)11-13-31(17-19-6-7-19)27(32)26-23(4-3-12-28-26)20-8-10-25(33-2)30-16-20/h3-5,8-10,12,15-16,19H,6-7,11,13-14,17H2,1-2H3. The average Bonchev–Trinajstić information content (AvgIpc) is 3.59. The minimum Gasteiger partial charge on any atom is -0.481 e. The largest absolute Gasteiger partial charge is 0.481 e. The predicted molar refractivity (Wildman–Crippen MR) is 129 cm³/mol. The summed E-state index contributed by atoms with van der Waals surface area (Å²) in [6.07, 6.45) is 13.8. The summed E-state index contributed by atoms with van der Waals surface area (Å²) in [6.45, 7) is 3.56. The molecule has 6 nitrogen and oxygen atoms in total. The summed E-state index contributed by atoms with van der Waals surface area (Å²) < 4.78 is 5.17. The molecule has 168 valence electrons. The molecule has 0 bridgehead atoms. The lowest BCUT2D eigenvalue weighted by Crippen LogP contribution is -2.35. The van der Waals surface area contributed by atoms with Gasteiger partial charge in [-0.15, -0.1) is 0 Å². The lowest BCUT2D eigenvalue weighted by molar-refractivity contribution is 0.0745. The lowest BCUT2D eigenvalue weighted by atomic mass is 9.92. The normalized spacial score (nSPS) is 16.9. The quantitative estimate of drug-likeness (QED) is 0.579. The van der Waals surface area contributed by atoms with Crippen molar-refractivity contribution in [2.45, 2.75) is 32.6 Å². The average molecular weight is 441 g/mol. The van der Waals surface area contributed by atoms with Crippen molar-refractivity contribution in [2.75, 3.05) is 20.2 Å². The number of allylic oxidation sites excluding steroid dienone is 4. The van der Waals surface area contributed by atoms with Crippen LogP contribution in [0.4, 0.5) is 0 Å². The van der Waals surface area contributed by atoms with Crippen LogP contribution in [0.25, 0.3) is 11.1 Å². The fraction of sp³-hybridized carbons (Fsp3) is 0.333. The van der Waals surface area contributed by atoms with Crippen LogP contribution in [0.15, 0.2) is 76.7 Å². The first-order chi connectivity index (χ1) is 16.1. The number of aromatic nitrogens is 2. The van der Waals surface area contributed by atoms with Gasteiger partial charge in [-0.25, -0.2) is 4.98 Å². The minimum absolute atomic E-state index is 0.0265. The number of rotatable bonds is 8. The minimum atomic E-state index is -0.0265. The Balaban J connectivity index is 1.36. The van der Waals surface area contributed by atoms with E-state index in [-0.39, 0.29) is 5.91 Å². The highest BCUT2D eigenvalue weighted by Gasteiger charge is 2.30. The summed E-state index contributed by atoms with van der Waals surface area (Å²) in [5.74, 6) is 1.10. The second-order valence-corrected chi connectivity index (χ2v) is 8.93. The molecule has 2 aromatic heterocycles. The summed E-state index contributed by atoms with van der Waals surface area (Å²) in [6, 6.07) is 7.50. The molecule has 0 atom stereocenters. The molecule has 3 aliphatic rings. The molecule has 33 heavy (non-hydrogen) atoms. The van der Waals surface area contributed by atoms with Gasteiger partial charge in [-0.3, -0.25) is 14.8 Å². The number of hydrogen-bond acceptors (Lipinski definition) is 5. The van der Waals surface area contributed by atoms with E-state index in [9.17, 15) is 4.79 Å². The highest BCUT2D eigenvalue weighted by Crippen LogP contribution is 2.33. The molecule has 0 aromatic carbocycles. The molecule has 0 spiro atoms. The van der Waals surface area contributed by atoms with E-state index in [0.29, 0.717) is 24.0 Å². The Bertz CT molecular complexity index is 1190. The fourth-order valence-corrected chi connectivity index (χ4v) is 4.33. The monoisotopic (exact) mass is 440 g/mol. The second kappa shape index (κ2) is 9.14. The number of carbonyl (C=O) groups excluding carboxylic acids is 1. The zero-order valence-electron chi connectivity index (χ0n) is 19.1. The molecule has 1 saturated carbocycles. The van der Waals surface area contributed by atoms with Gasteiger partial charge in [0.05, 0.1) is 12.8 Å². The number of hydrogen-bond donors (Lipinski definition) is 0. The van der Waals surface area contributed by atoms with Crippen molar-refractivity contribution in [2.24, 2.45) is 10.9 Å². The highest BCUT2D eigenvalue weighted by molar-refractivity contribution is 6.08. The first kappa shape index (κ1) is 21.3.